The average molecular weight is 332 g/mol. The fourth-order valence-electron chi connectivity index (χ4n) is 2.20. The monoisotopic (exact) mass is 332 g/mol. The number of hydrogen-bond acceptors (Lipinski definition) is 5. The third-order valence-corrected chi connectivity index (χ3v) is 5.72. The van der Waals surface area contributed by atoms with Crippen LogP contribution >= 0.6 is 11.8 Å². The van der Waals surface area contributed by atoms with E-state index in [0.29, 0.717) is 18.8 Å². The van der Waals surface area contributed by atoms with Crippen molar-refractivity contribution in [2.24, 2.45) is 0 Å². The molecule has 1 aliphatic rings. The largest absolute Gasteiger partial charge is 0.455 e. The number of nitrogens with zero attached hydrogens (tertiary/aromatic N) is 1. The zero-order valence-electron chi connectivity index (χ0n) is 12.0. The average Bonchev–Trinajstić information content (AvgIpc) is 3.10. The molecule has 2 rings (SSSR count). The number of sulfonamides is 1. The molecular weight excluding hydrogens is 312 g/mol. The molecule has 1 aliphatic heterocycles. The van der Waals surface area contributed by atoms with Gasteiger partial charge in [-0.25, -0.2) is 12.7 Å². The SMILES string of the molecule is CSCc1ccc(C(=O)NCCS(=O)(=O)N2CCCC2)o1. The van der Waals surface area contributed by atoms with Gasteiger partial charge in [-0.15, -0.1) is 0 Å². The second-order valence-electron chi connectivity index (χ2n) is 4.88. The Bertz CT molecular complexity index is 577. The Morgan fingerprint density at radius 2 is 2.10 bits per heavy atom. The van der Waals surface area contributed by atoms with Crippen molar-refractivity contribution in [2.75, 3.05) is 31.6 Å². The molecule has 0 aromatic carbocycles. The van der Waals surface area contributed by atoms with Crippen molar-refractivity contribution in [3.8, 4) is 0 Å². The second-order valence-corrected chi connectivity index (χ2v) is 7.83. The Hall–Kier alpha value is -0.990. The van der Waals surface area contributed by atoms with E-state index >= 15 is 0 Å². The van der Waals surface area contributed by atoms with Crippen LogP contribution in [-0.4, -0.2) is 50.3 Å². The van der Waals surface area contributed by atoms with Crippen molar-refractivity contribution in [1.29, 1.82) is 0 Å². The lowest BCUT2D eigenvalue weighted by atomic mass is 10.4. The number of rotatable bonds is 7. The number of hydrogen-bond donors (Lipinski definition) is 1. The summed E-state index contributed by atoms with van der Waals surface area (Å²) in [6, 6.07) is 3.36. The molecule has 0 radical (unpaired) electrons. The van der Waals surface area contributed by atoms with Crippen LogP contribution in [0.2, 0.25) is 0 Å². The van der Waals surface area contributed by atoms with Crippen LogP contribution in [0.5, 0.6) is 0 Å². The summed E-state index contributed by atoms with van der Waals surface area (Å²) in [5.41, 5.74) is 0. The van der Waals surface area contributed by atoms with Crippen molar-refractivity contribution in [3.05, 3.63) is 23.7 Å². The van der Waals surface area contributed by atoms with Gasteiger partial charge in [0.25, 0.3) is 5.91 Å². The Labute approximate surface area is 129 Å². The van der Waals surface area contributed by atoms with Crippen LogP contribution in [0.15, 0.2) is 16.5 Å². The molecule has 0 atom stereocenters. The molecule has 1 aromatic rings. The molecule has 8 heteroatoms. The van der Waals surface area contributed by atoms with E-state index < -0.39 is 10.0 Å². The van der Waals surface area contributed by atoms with E-state index in [9.17, 15) is 13.2 Å². The first-order valence-corrected chi connectivity index (χ1v) is 9.87. The predicted octanol–water partition coefficient (Wildman–Crippen LogP) is 1.30. The first-order chi connectivity index (χ1) is 10.0. The van der Waals surface area contributed by atoms with Gasteiger partial charge in [0, 0.05) is 19.6 Å². The standard InChI is InChI=1S/C13H20N2O4S2/c1-20-10-11-4-5-12(19-11)13(16)14-6-9-21(17,18)15-7-2-3-8-15/h4-5H,2-3,6-10H2,1H3,(H,14,16). The van der Waals surface area contributed by atoms with E-state index in [1.54, 1.807) is 23.9 Å². The van der Waals surface area contributed by atoms with Gasteiger partial charge in [0.05, 0.1) is 11.5 Å². The molecule has 118 valence electrons. The highest BCUT2D eigenvalue weighted by atomic mass is 32.2. The summed E-state index contributed by atoms with van der Waals surface area (Å²) in [6.07, 6.45) is 3.78. The minimum Gasteiger partial charge on any atom is -0.455 e. The van der Waals surface area contributed by atoms with Gasteiger partial charge in [-0.2, -0.15) is 11.8 Å². The van der Waals surface area contributed by atoms with Crippen LogP contribution in [0, 0.1) is 0 Å². The molecule has 0 aliphatic carbocycles. The van der Waals surface area contributed by atoms with E-state index in [1.807, 2.05) is 6.26 Å². The summed E-state index contributed by atoms with van der Waals surface area (Å²) < 4.78 is 30.8. The van der Waals surface area contributed by atoms with Gasteiger partial charge >= 0.3 is 0 Å². The van der Waals surface area contributed by atoms with Crippen LogP contribution in [0.4, 0.5) is 0 Å². The first-order valence-electron chi connectivity index (χ1n) is 6.86. The molecule has 6 nitrogen and oxygen atoms in total. The maximum atomic E-state index is 12.0. The van der Waals surface area contributed by atoms with Crippen LogP contribution in [0.3, 0.4) is 0 Å². The highest BCUT2D eigenvalue weighted by molar-refractivity contribution is 7.97. The van der Waals surface area contributed by atoms with Gasteiger partial charge in [-0.3, -0.25) is 4.79 Å². The number of amides is 1. The van der Waals surface area contributed by atoms with Crippen LogP contribution < -0.4 is 5.32 Å². The normalized spacial score (nSPS) is 16.2. The molecule has 2 heterocycles. The van der Waals surface area contributed by atoms with Crippen molar-refractivity contribution < 1.29 is 17.6 Å². The van der Waals surface area contributed by atoms with E-state index in [4.69, 9.17) is 4.42 Å². The summed E-state index contributed by atoms with van der Waals surface area (Å²) >= 11 is 1.60. The lowest BCUT2D eigenvalue weighted by Crippen LogP contribution is -2.36. The van der Waals surface area contributed by atoms with E-state index in [1.165, 1.54) is 4.31 Å². The third-order valence-electron chi connectivity index (χ3n) is 3.28. The Morgan fingerprint density at radius 3 is 2.76 bits per heavy atom. The van der Waals surface area contributed by atoms with E-state index in [-0.39, 0.29) is 24.0 Å². The topological polar surface area (TPSA) is 79.6 Å². The van der Waals surface area contributed by atoms with Crippen molar-refractivity contribution in [1.82, 2.24) is 9.62 Å². The number of furan rings is 1. The van der Waals surface area contributed by atoms with Crippen molar-refractivity contribution >= 4 is 27.7 Å². The number of carbonyl (C=O) groups excluding carboxylic acids is 1. The molecule has 1 saturated heterocycles. The molecule has 1 amide bonds. The summed E-state index contributed by atoms with van der Waals surface area (Å²) in [5.74, 6) is 1.21. The first kappa shape index (κ1) is 16.4. The van der Waals surface area contributed by atoms with Crippen molar-refractivity contribution in [3.63, 3.8) is 0 Å². The lowest BCUT2D eigenvalue weighted by molar-refractivity contribution is 0.0927. The molecule has 1 aromatic heterocycles. The van der Waals surface area contributed by atoms with Crippen molar-refractivity contribution in [2.45, 2.75) is 18.6 Å². The second kappa shape index (κ2) is 7.33. The molecule has 1 N–H and O–H groups in total. The fourth-order valence-corrected chi connectivity index (χ4v) is 4.07. The van der Waals surface area contributed by atoms with Gasteiger partial charge in [0.2, 0.25) is 10.0 Å². The van der Waals surface area contributed by atoms with E-state index in [2.05, 4.69) is 5.32 Å². The quantitative estimate of drug-likeness (QED) is 0.814. The Kier molecular flexibility index (Phi) is 5.72. The fraction of sp³-hybridized carbons (Fsp3) is 0.615. The smallest absolute Gasteiger partial charge is 0.287 e. The maximum absolute atomic E-state index is 12.0. The number of nitrogens with one attached hydrogen (secondary N) is 1. The lowest BCUT2D eigenvalue weighted by Gasteiger charge is -2.15. The van der Waals surface area contributed by atoms with Gasteiger partial charge in [-0.05, 0) is 31.2 Å². The zero-order valence-corrected chi connectivity index (χ0v) is 13.6. The Morgan fingerprint density at radius 1 is 1.38 bits per heavy atom. The van der Waals surface area contributed by atoms with Gasteiger partial charge in [0.1, 0.15) is 5.76 Å². The highest BCUT2D eigenvalue weighted by Crippen LogP contribution is 2.14. The zero-order chi connectivity index (χ0) is 15.3. The summed E-state index contributed by atoms with van der Waals surface area (Å²) in [7, 11) is -3.26. The highest BCUT2D eigenvalue weighted by Gasteiger charge is 2.25. The summed E-state index contributed by atoms with van der Waals surface area (Å²) in [4.78, 5) is 11.8. The van der Waals surface area contributed by atoms with Crippen LogP contribution in [0.1, 0.15) is 29.2 Å². The van der Waals surface area contributed by atoms with E-state index in [0.717, 1.165) is 18.6 Å². The molecule has 0 unspecified atom stereocenters. The van der Waals surface area contributed by atoms with Gasteiger partial charge in [0.15, 0.2) is 5.76 Å². The minimum absolute atomic E-state index is 0.0723. The van der Waals surface area contributed by atoms with Gasteiger partial charge < -0.3 is 9.73 Å². The molecule has 1 fully saturated rings. The summed E-state index contributed by atoms with van der Waals surface area (Å²) in [5, 5.41) is 2.59. The molecular formula is C13H20N2O4S2. The Balaban J connectivity index is 1.80. The molecule has 21 heavy (non-hydrogen) atoms. The third kappa shape index (κ3) is 4.49. The molecule has 0 bridgehead atoms. The number of thioether (sulfide) groups is 1. The molecule has 0 saturated carbocycles. The van der Waals surface area contributed by atoms with Crippen LogP contribution in [0.25, 0.3) is 0 Å². The minimum atomic E-state index is -3.26. The maximum Gasteiger partial charge on any atom is 0.287 e. The van der Waals surface area contributed by atoms with Gasteiger partial charge in [-0.1, -0.05) is 0 Å². The predicted molar refractivity (Wildman–Crippen MR) is 82.9 cm³/mol. The molecule has 0 spiro atoms. The summed E-state index contributed by atoms with van der Waals surface area (Å²) in [6.45, 7) is 1.27. The van der Waals surface area contributed by atoms with Crippen LogP contribution in [-0.2, 0) is 15.8 Å². The number of carbonyl (C=O) groups is 1.